The molecule has 0 aliphatic rings. The van der Waals surface area contributed by atoms with Crippen molar-refractivity contribution >= 4 is 29.2 Å². The molecule has 0 aromatic heterocycles. The smallest absolute Gasteiger partial charge is 0.329 e. The predicted octanol–water partition coefficient (Wildman–Crippen LogP) is 2.69. The zero-order chi connectivity index (χ0) is 16.9. The number of rotatable bonds is 7. The molecule has 7 heteroatoms. The summed E-state index contributed by atoms with van der Waals surface area (Å²) in [5.74, 6) is -1.40. The van der Waals surface area contributed by atoms with Crippen LogP contribution in [0.2, 0.25) is 5.02 Å². The number of benzene rings is 1. The van der Waals surface area contributed by atoms with Crippen LogP contribution in [-0.2, 0) is 4.79 Å². The second kappa shape index (κ2) is 7.35. The highest BCUT2D eigenvalue weighted by molar-refractivity contribution is 6.33. The van der Waals surface area contributed by atoms with E-state index in [1.54, 1.807) is 6.92 Å². The molecule has 0 unspecified atom stereocenters. The molecule has 6 nitrogen and oxygen atoms in total. The van der Waals surface area contributed by atoms with Gasteiger partial charge in [0.15, 0.2) is 0 Å². The number of carboxylic acids is 1. The summed E-state index contributed by atoms with van der Waals surface area (Å²) >= 11 is 5.95. The van der Waals surface area contributed by atoms with Crippen LogP contribution in [0.25, 0.3) is 0 Å². The van der Waals surface area contributed by atoms with Crippen LogP contribution in [0.4, 0.5) is 5.69 Å². The lowest BCUT2D eigenvalue weighted by Crippen LogP contribution is -2.51. The average molecular weight is 329 g/mol. The summed E-state index contributed by atoms with van der Waals surface area (Å²) in [6.07, 6.45) is 0.993. The molecular formula is C15H21ClN2O4. The maximum atomic E-state index is 12.4. The van der Waals surface area contributed by atoms with Crippen molar-refractivity contribution in [2.75, 3.05) is 12.3 Å². The van der Waals surface area contributed by atoms with Crippen molar-refractivity contribution < 1.29 is 19.4 Å². The molecule has 0 saturated carbocycles. The molecule has 122 valence electrons. The first-order chi connectivity index (χ1) is 10.2. The standard InChI is InChI=1S/C15H21ClN2O4/c1-4-6-22-12-8-11(17)10(16)7-9(12)13(19)18-15(3,5-2)14(20)21/h7-8H,4-6,17H2,1-3H3,(H,18,19)(H,20,21)/t15-/m1/s1. The van der Waals surface area contributed by atoms with Gasteiger partial charge in [-0.1, -0.05) is 25.4 Å². The lowest BCUT2D eigenvalue weighted by molar-refractivity contribution is -0.143. The molecular weight excluding hydrogens is 308 g/mol. The Hall–Kier alpha value is -1.95. The lowest BCUT2D eigenvalue weighted by atomic mass is 9.98. The van der Waals surface area contributed by atoms with Crippen LogP contribution in [0.15, 0.2) is 12.1 Å². The van der Waals surface area contributed by atoms with Crippen LogP contribution in [0, 0.1) is 0 Å². The van der Waals surface area contributed by atoms with Crippen LogP contribution >= 0.6 is 11.6 Å². The number of amides is 1. The Balaban J connectivity index is 3.15. The SMILES string of the molecule is CCCOc1cc(N)c(Cl)cc1C(=O)N[C@](C)(CC)C(=O)O. The summed E-state index contributed by atoms with van der Waals surface area (Å²) in [5, 5.41) is 12.0. The number of nitrogens with one attached hydrogen (secondary N) is 1. The van der Waals surface area contributed by atoms with Crippen LogP contribution < -0.4 is 15.8 Å². The maximum Gasteiger partial charge on any atom is 0.329 e. The molecule has 0 fully saturated rings. The predicted molar refractivity (Wildman–Crippen MR) is 85.4 cm³/mol. The van der Waals surface area contributed by atoms with E-state index in [0.29, 0.717) is 12.3 Å². The monoisotopic (exact) mass is 328 g/mol. The van der Waals surface area contributed by atoms with Crippen LogP contribution in [0.5, 0.6) is 5.75 Å². The Bertz CT molecular complexity index is 577. The third kappa shape index (κ3) is 4.04. The maximum absolute atomic E-state index is 12.4. The topological polar surface area (TPSA) is 102 Å². The van der Waals surface area contributed by atoms with Crippen molar-refractivity contribution in [3.05, 3.63) is 22.7 Å². The zero-order valence-electron chi connectivity index (χ0n) is 12.9. The van der Waals surface area contributed by atoms with Gasteiger partial charge >= 0.3 is 5.97 Å². The molecule has 0 bridgehead atoms. The molecule has 1 rings (SSSR count). The van der Waals surface area contributed by atoms with Crippen LogP contribution in [0.1, 0.15) is 44.0 Å². The van der Waals surface area contributed by atoms with E-state index in [0.717, 1.165) is 6.42 Å². The molecule has 1 atom stereocenters. The molecule has 22 heavy (non-hydrogen) atoms. The number of halogens is 1. The van der Waals surface area contributed by atoms with E-state index in [1.165, 1.54) is 19.1 Å². The van der Waals surface area contributed by atoms with E-state index in [2.05, 4.69) is 5.32 Å². The Morgan fingerprint density at radius 2 is 2.05 bits per heavy atom. The van der Waals surface area contributed by atoms with Gasteiger partial charge in [0.1, 0.15) is 11.3 Å². The second-order valence-corrected chi connectivity index (χ2v) is 5.57. The highest BCUT2D eigenvalue weighted by Gasteiger charge is 2.33. The quantitative estimate of drug-likeness (QED) is 0.668. The average Bonchev–Trinajstić information content (AvgIpc) is 2.47. The summed E-state index contributed by atoms with van der Waals surface area (Å²) in [6.45, 7) is 5.46. The number of carbonyl (C=O) groups is 2. The number of anilines is 1. The lowest BCUT2D eigenvalue weighted by Gasteiger charge is -2.25. The number of carboxylic acid groups (broad SMARTS) is 1. The van der Waals surface area contributed by atoms with Crippen molar-refractivity contribution in [3.8, 4) is 5.75 Å². The number of nitrogen functional groups attached to an aromatic ring is 1. The first-order valence-electron chi connectivity index (χ1n) is 7.02. The Kier molecular flexibility index (Phi) is 6.05. The van der Waals surface area contributed by atoms with E-state index in [-0.39, 0.29) is 22.8 Å². The van der Waals surface area contributed by atoms with Gasteiger partial charge in [0.2, 0.25) is 0 Å². The second-order valence-electron chi connectivity index (χ2n) is 5.16. The third-order valence-electron chi connectivity index (χ3n) is 3.37. The highest BCUT2D eigenvalue weighted by Crippen LogP contribution is 2.29. The van der Waals surface area contributed by atoms with Crippen molar-refractivity contribution in [1.82, 2.24) is 5.32 Å². The number of carbonyl (C=O) groups excluding carboxylic acids is 1. The summed E-state index contributed by atoms with van der Waals surface area (Å²) in [5.41, 5.74) is 4.81. The van der Waals surface area contributed by atoms with E-state index in [9.17, 15) is 14.7 Å². The minimum absolute atomic E-state index is 0.161. The molecule has 1 amide bonds. The summed E-state index contributed by atoms with van der Waals surface area (Å²) < 4.78 is 5.50. The number of aliphatic carboxylic acids is 1. The third-order valence-corrected chi connectivity index (χ3v) is 3.70. The van der Waals surface area contributed by atoms with Crippen molar-refractivity contribution in [1.29, 1.82) is 0 Å². The molecule has 0 aliphatic heterocycles. The summed E-state index contributed by atoms with van der Waals surface area (Å²) in [6, 6.07) is 2.85. The summed E-state index contributed by atoms with van der Waals surface area (Å²) in [7, 11) is 0. The Labute approximate surface area is 134 Å². The van der Waals surface area contributed by atoms with Crippen molar-refractivity contribution in [2.45, 2.75) is 39.2 Å². The van der Waals surface area contributed by atoms with E-state index in [1.807, 2.05) is 6.92 Å². The van der Waals surface area contributed by atoms with E-state index >= 15 is 0 Å². The fourth-order valence-corrected chi connectivity index (χ4v) is 1.85. The summed E-state index contributed by atoms with van der Waals surface area (Å²) in [4.78, 5) is 23.7. The fourth-order valence-electron chi connectivity index (χ4n) is 1.69. The number of ether oxygens (including phenoxy) is 1. The molecule has 1 aromatic rings. The molecule has 0 radical (unpaired) electrons. The molecule has 0 spiro atoms. The van der Waals surface area contributed by atoms with Gasteiger partial charge in [-0.3, -0.25) is 4.79 Å². The van der Waals surface area contributed by atoms with Gasteiger partial charge in [-0.2, -0.15) is 0 Å². The van der Waals surface area contributed by atoms with Gasteiger partial charge in [0, 0.05) is 6.07 Å². The Morgan fingerprint density at radius 3 is 2.55 bits per heavy atom. The zero-order valence-corrected chi connectivity index (χ0v) is 13.7. The number of hydrogen-bond donors (Lipinski definition) is 3. The van der Waals surface area contributed by atoms with Crippen LogP contribution in [-0.4, -0.2) is 29.1 Å². The van der Waals surface area contributed by atoms with Gasteiger partial charge in [-0.25, -0.2) is 4.79 Å². The molecule has 0 saturated heterocycles. The Morgan fingerprint density at radius 1 is 1.41 bits per heavy atom. The highest BCUT2D eigenvalue weighted by atomic mass is 35.5. The molecule has 4 N–H and O–H groups in total. The van der Waals surface area contributed by atoms with Gasteiger partial charge in [-0.15, -0.1) is 0 Å². The first kappa shape index (κ1) is 18.1. The molecule has 0 heterocycles. The van der Waals surface area contributed by atoms with Crippen molar-refractivity contribution in [2.24, 2.45) is 0 Å². The largest absolute Gasteiger partial charge is 0.493 e. The van der Waals surface area contributed by atoms with Gasteiger partial charge < -0.3 is 20.9 Å². The molecule has 0 aliphatic carbocycles. The van der Waals surface area contributed by atoms with Gasteiger partial charge in [0.25, 0.3) is 5.91 Å². The van der Waals surface area contributed by atoms with Gasteiger partial charge in [-0.05, 0) is 25.8 Å². The minimum atomic E-state index is -1.37. The number of hydrogen-bond acceptors (Lipinski definition) is 4. The first-order valence-corrected chi connectivity index (χ1v) is 7.40. The van der Waals surface area contributed by atoms with E-state index < -0.39 is 17.4 Å². The van der Waals surface area contributed by atoms with Crippen molar-refractivity contribution in [3.63, 3.8) is 0 Å². The van der Waals surface area contributed by atoms with E-state index in [4.69, 9.17) is 22.1 Å². The minimum Gasteiger partial charge on any atom is -0.493 e. The molecule has 1 aromatic carbocycles. The number of nitrogens with two attached hydrogens (primary N) is 1. The fraction of sp³-hybridized carbons (Fsp3) is 0.467. The van der Waals surface area contributed by atoms with Crippen LogP contribution in [0.3, 0.4) is 0 Å². The normalized spacial score (nSPS) is 13.3. The van der Waals surface area contributed by atoms with Gasteiger partial charge in [0.05, 0.1) is 22.9 Å².